The van der Waals surface area contributed by atoms with Crippen molar-refractivity contribution >= 4 is 0 Å². The van der Waals surface area contributed by atoms with E-state index < -0.39 is 0 Å². The molecule has 1 unspecified atom stereocenters. The first kappa shape index (κ1) is 19.0. The van der Waals surface area contributed by atoms with Crippen LogP contribution in [0.4, 0.5) is 0 Å². The predicted molar refractivity (Wildman–Crippen MR) is 111 cm³/mol. The average molecular weight is 351 g/mol. The second-order valence-corrected chi connectivity index (χ2v) is 9.83. The van der Waals surface area contributed by atoms with Crippen LogP contribution in [0.25, 0.3) is 0 Å². The van der Waals surface area contributed by atoms with Gasteiger partial charge in [0.1, 0.15) is 5.75 Å². The highest BCUT2D eigenvalue weighted by atomic mass is 16.5. The zero-order valence-electron chi connectivity index (χ0n) is 17.1. The van der Waals surface area contributed by atoms with Crippen LogP contribution in [0.3, 0.4) is 0 Å². The Morgan fingerprint density at radius 1 is 0.885 bits per heavy atom. The maximum Gasteiger partial charge on any atom is 0.119 e. The van der Waals surface area contributed by atoms with Crippen LogP contribution in [-0.2, 0) is 18.3 Å². The fourth-order valence-corrected chi connectivity index (χ4v) is 4.56. The number of hydrogen-bond donors (Lipinski definition) is 0. The summed E-state index contributed by atoms with van der Waals surface area (Å²) in [5.74, 6) is 1.63. The van der Waals surface area contributed by atoms with E-state index in [4.69, 9.17) is 4.74 Å². The standard InChI is InChI=1S/C25H34O/c1-24(2,3)18-25(4,5)22-12-14-23(15-13-22)26-17-19-10-11-20-8-6-7-9-21(20)16-19/h6-9,12-15,19H,10-11,16-18H2,1-5H3. The SMILES string of the molecule is CC(C)(C)CC(C)(C)c1ccc(OCC2CCc3ccccc3C2)cc1. The number of rotatable bonds is 5. The molecule has 0 heterocycles. The molecule has 0 bridgehead atoms. The lowest BCUT2D eigenvalue weighted by molar-refractivity contribution is 0.234. The lowest BCUT2D eigenvalue weighted by Gasteiger charge is -2.33. The zero-order chi connectivity index (χ0) is 18.8. The van der Waals surface area contributed by atoms with Gasteiger partial charge in [0.05, 0.1) is 6.61 Å². The Bertz CT molecular complexity index is 719. The molecule has 1 heteroatoms. The molecule has 0 aromatic heterocycles. The lowest BCUT2D eigenvalue weighted by atomic mass is 9.72. The molecule has 1 aliphatic carbocycles. The molecule has 140 valence electrons. The number of aryl methyl sites for hydroxylation is 1. The zero-order valence-corrected chi connectivity index (χ0v) is 17.1. The van der Waals surface area contributed by atoms with Crippen LogP contribution in [-0.4, -0.2) is 6.61 Å². The summed E-state index contributed by atoms with van der Waals surface area (Å²) in [4.78, 5) is 0. The molecule has 3 rings (SSSR count). The van der Waals surface area contributed by atoms with Gasteiger partial charge in [-0.25, -0.2) is 0 Å². The summed E-state index contributed by atoms with van der Waals surface area (Å²) in [5.41, 5.74) is 4.94. The van der Waals surface area contributed by atoms with Crippen molar-refractivity contribution in [1.29, 1.82) is 0 Å². The first-order chi connectivity index (χ1) is 12.2. The molecular weight excluding hydrogens is 316 g/mol. The van der Waals surface area contributed by atoms with E-state index in [0.717, 1.165) is 18.8 Å². The van der Waals surface area contributed by atoms with Gasteiger partial charge in [-0.2, -0.15) is 0 Å². The number of benzene rings is 2. The van der Waals surface area contributed by atoms with Crippen LogP contribution in [0.5, 0.6) is 5.75 Å². The van der Waals surface area contributed by atoms with Crippen molar-refractivity contribution < 1.29 is 4.74 Å². The molecule has 0 aliphatic heterocycles. The highest BCUT2D eigenvalue weighted by Crippen LogP contribution is 2.36. The quantitative estimate of drug-likeness (QED) is 0.591. The van der Waals surface area contributed by atoms with Crippen molar-refractivity contribution in [3.05, 3.63) is 65.2 Å². The van der Waals surface area contributed by atoms with Gasteiger partial charge < -0.3 is 4.74 Å². The molecule has 1 nitrogen and oxygen atoms in total. The number of hydrogen-bond acceptors (Lipinski definition) is 1. The van der Waals surface area contributed by atoms with Crippen LogP contribution in [0.1, 0.15) is 64.2 Å². The second-order valence-electron chi connectivity index (χ2n) is 9.83. The molecule has 26 heavy (non-hydrogen) atoms. The molecule has 1 atom stereocenters. The molecule has 2 aromatic carbocycles. The molecule has 0 saturated heterocycles. The van der Waals surface area contributed by atoms with E-state index in [1.165, 1.54) is 36.0 Å². The summed E-state index contributed by atoms with van der Waals surface area (Å²) in [6.07, 6.45) is 4.73. The van der Waals surface area contributed by atoms with Gasteiger partial charge in [-0.05, 0) is 71.3 Å². The van der Waals surface area contributed by atoms with Crippen LogP contribution in [0.15, 0.2) is 48.5 Å². The van der Waals surface area contributed by atoms with Gasteiger partial charge in [-0.15, -0.1) is 0 Å². The van der Waals surface area contributed by atoms with Crippen LogP contribution >= 0.6 is 0 Å². The molecule has 0 N–H and O–H groups in total. The number of ether oxygens (including phenoxy) is 1. The lowest BCUT2D eigenvalue weighted by Crippen LogP contribution is -2.24. The average Bonchev–Trinajstić information content (AvgIpc) is 2.58. The summed E-state index contributed by atoms with van der Waals surface area (Å²) < 4.78 is 6.13. The fourth-order valence-electron chi connectivity index (χ4n) is 4.56. The molecular formula is C25H34O. The summed E-state index contributed by atoms with van der Waals surface area (Å²) in [5, 5.41) is 0. The van der Waals surface area contributed by atoms with Gasteiger partial charge >= 0.3 is 0 Å². The van der Waals surface area contributed by atoms with Gasteiger partial charge in [0.15, 0.2) is 0 Å². The first-order valence-electron chi connectivity index (χ1n) is 10.0. The molecule has 0 fully saturated rings. The van der Waals surface area contributed by atoms with Crippen LogP contribution in [0, 0.1) is 11.3 Å². The summed E-state index contributed by atoms with van der Waals surface area (Å²) in [6.45, 7) is 12.4. The molecule has 0 amide bonds. The van der Waals surface area contributed by atoms with E-state index >= 15 is 0 Å². The smallest absolute Gasteiger partial charge is 0.119 e. The van der Waals surface area contributed by atoms with Crippen LogP contribution < -0.4 is 4.74 Å². The van der Waals surface area contributed by atoms with Gasteiger partial charge in [-0.3, -0.25) is 0 Å². The Morgan fingerprint density at radius 3 is 2.19 bits per heavy atom. The third kappa shape index (κ3) is 4.90. The Balaban J connectivity index is 1.57. The highest BCUT2D eigenvalue weighted by molar-refractivity contribution is 5.32. The monoisotopic (exact) mass is 350 g/mol. The summed E-state index contributed by atoms with van der Waals surface area (Å²) >= 11 is 0. The predicted octanol–water partition coefficient (Wildman–Crippen LogP) is 6.58. The van der Waals surface area contributed by atoms with E-state index in [2.05, 4.69) is 83.1 Å². The summed E-state index contributed by atoms with van der Waals surface area (Å²) in [7, 11) is 0. The maximum absolute atomic E-state index is 6.13. The Labute approximate surface area is 159 Å². The van der Waals surface area contributed by atoms with Gasteiger partial charge in [0, 0.05) is 0 Å². The number of fused-ring (bicyclic) bond motifs is 1. The maximum atomic E-state index is 6.13. The van der Waals surface area contributed by atoms with Crippen molar-refractivity contribution in [3.8, 4) is 5.75 Å². The third-order valence-electron chi connectivity index (χ3n) is 5.54. The first-order valence-corrected chi connectivity index (χ1v) is 10.0. The van der Waals surface area contributed by atoms with Gasteiger partial charge in [0.25, 0.3) is 0 Å². The molecule has 0 radical (unpaired) electrons. The van der Waals surface area contributed by atoms with Gasteiger partial charge in [-0.1, -0.05) is 71.0 Å². The minimum Gasteiger partial charge on any atom is -0.493 e. The van der Waals surface area contributed by atoms with Crippen molar-refractivity contribution in [2.24, 2.45) is 11.3 Å². The second kappa shape index (κ2) is 7.47. The topological polar surface area (TPSA) is 9.23 Å². The Kier molecular flexibility index (Phi) is 5.46. The Hall–Kier alpha value is -1.76. The van der Waals surface area contributed by atoms with E-state index in [1.807, 2.05) is 0 Å². The minimum absolute atomic E-state index is 0.184. The van der Waals surface area contributed by atoms with Crippen molar-refractivity contribution in [2.75, 3.05) is 6.61 Å². The van der Waals surface area contributed by atoms with Crippen LogP contribution in [0.2, 0.25) is 0 Å². The molecule has 0 saturated carbocycles. The van der Waals surface area contributed by atoms with E-state index in [9.17, 15) is 0 Å². The molecule has 1 aliphatic rings. The summed E-state index contributed by atoms with van der Waals surface area (Å²) in [6, 6.07) is 17.6. The minimum atomic E-state index is 0.184. The Morgan fingerprint density at radius 2 is 1.54 bits per heavy atom. The highest BCUT2D eigenvalue weighted by Gasteiger charge is 2.27. The van der Waals surface area contributed by atoms with E-state index in [0.29, 0.717) is 11.3 Å². The fraction of sp³-hybridized carbons (Fsp3) is 0.520. The molecule has 2 aromatic rings. The normalized spacial score (nSPS) is 17.7. The van der Waals surface area contributed by atoms with E-state index in [-0.39, 0.29) is 5.41 Å². The van der Waals surface area contributed by atoms with Crippen molar-refractivity contribution in [2.45, 2.75) is 65.7 Å². The molecule has 0 spiro atoms. The van der Waals surface area contributed by atoms with Gasteiger partial charge in [0.2, 0.25) is 0 Å². The van der Waals surface area contributed by atoms with E-state index in [1.54, 1.807) is 0 Å². The largest absolute Gasteiger partial charge is 0.493 e. The third-order valence-corrected chi connectivity index (χ3v) is 5.54. The van der Waals surface area contributed by atoms with Crippen molar-refractivity contribution in [1.82, 2.24) is 0 Å². The van der Waals surface area contributed by atoms with Crippen molar-refractivity contribution in [3.63, 3.8) is 0 Å².